The Morgan fingerprint density at radius 1 is 0.368 bits per heavy atom. The Labute approximate surface area is 329 Å². The summed E-state index contributed by atoms with van der Waals surface area (Å²) in [7, 11) is 0. The fourth-order valence-electron chi connectivity index (χ4n) is 8.07. The number of furan rings is 1. The molecule has 0 radical (unpaired) electrons. The molecule has 0 bridgehead atoms. The van der Waals surface area contributed by atoms with E-state index in [1.165, 1.54) is 21.9 Å². The van der Waals surface area contributed by atoms with E-state index >= 15 is 0 Å². The minimum Gasteiger partial charge on any atom is -0.455 e. The summed E-state index contributed by atoms with van der Waals surface area (Å²) in [4.78, 5) is 7.17. The molecule has 0 spiro atoms. The van der Waals surface area contributed by atoms with Gasteiger partial charge >= 0.3 is 0 Å². The topological polar surface area (TPSA) is 42.4 Å². The van der Waals surface area contributed by atoms with E-state index in [1.807, 2.05) is 36.4 Å². The van der Waals surface area contributed by atoms with Gasteiger partial charge in [0.15, 0.2) is 5.58 Å². The van der Waals surface area contributed by atoms with Crippen LogP contribution >= 0.6 is 0 Å². The van der Waals surface area contributed by atoms with Gasteiger partial charge in [0, 0.05) is 44.9 Å². The second-order valence-electron chi connectivity index (χ2n) is 14.4. The van der Waals surface area contributed by atoms with Crippen LogP contribution in [0, 0.1) is 0 Å². The largest absolute Gasteiger partial charge is 0.455 e. The number of anilines is 3. The Hall–Kier alpha value is -7.69. The molecule has 0 amide bonds. The maximum atomic E-state index is 6.62. The summed E-state index contributed by atoms with van der Waals surface area (Å²) in [6, 6.07) is 72.5. The number of nitrogens with zero attached hydrogens (tertiary/aromatic N) is 2. The first-order chi connectivity index (χ1) is 28.2. The van der Waals surface area contributed by atoms with Gasteiger partial charge in [-0.15, -0.1) is 0 Å². The Morgan fingerprint density at radius 3 is 1.75 bits per heavy atom. The van der Waals surface area contributed by atoms with E-state index in [-0.39, 0.29) is 0 Å². The lowest BCUT2D eigenvalue weighted by Crippen LogP contribution is -2.11. The molecule has 57 heavy (non-hydrogen) atoms. The van der Waals surface area contributed by atoms with Crippen molar-refractivity contribution in [2.45, 2.75) is 0 Å². The molecule has 9 aromatic carbocycles. The Balaban J connectivity index is 0.989. The lowest BCUT2D eigenvalue weighted by atomic mass is 9.99. The quantitative estimate of drug-likeness (QED) is 0.164. The summed E-state index contributed by atoms with van der Waals surface area (Å²) in [5, 5.41) is 4.54. The normalized spacial score (nSPS) is 11.5. The lowest BCUT2D eigenvalue weighted by molar-refractivity contribution is 0.617. The van der Waals surface area contributed by atoms with Crippen LogP contribution in [0.2, 0.25) is 0 Å². The second kappa shape index (κ2) is 13.6. The molecule has 4 nitrogen and oxygen atoms in total. The van der Waals surface area contributed by atoms with E-state index in [9.17, 15) is 0 Å². The van der Waals surface area contributed by atoms with E-state index in [2.05, 4.69) is 175 Å². The van der Waals surface area contributed by atoms with E-state index in [0.29, 0.717) is 11.5 Å². The van der Waals surface area contributed by atoms with Crippen LogP contribution < -0.4 is 4.90 Å². The SMILES string of the molecule is c1ccc(-c2nc3cc4c(cc3o2)oc2c(-c3ccc(N(c5ccc(-c6ccc7ccccc7c6)cc5)c5ccccc5-c5ccccc5)cc3)cccc24)cc1. The summed E-state index contributed by atoms with van der Waals surface area (Å²) >= 11 is 0. The molecule has 268 valence electrons. The number of fused-ring (bicyclic) bond motifs is 5. The van der Waals surface area contributed by atoms with Crippen molar-refractivity contribution in [1.29, 1.82) is 0 Å². The highest BCUT2D eigenvalue weighted by molar-refractivity contribution is 6.12. The van der Waals surface area contributed by atoms with E-state index < -0.39 is 0 Å². The summed E-state index contributed by atoms with van der Waals surface area (Å²) in [6.07, 6.45) is 0. The van der Waals surface area contributed by atoms with Gasteiger partial charge in [-0.3, -0.25) is 0 Å². The Kier molecular flexibility index (Phi) is 7.78. The van der Waals surface area contributed by atoms with Crippen molar-refractivity contribution >= 4 is 60.9 Å². The van der Waals surface area contributed by atoms with Crippen molar-refractivity contribution in [2.75, 3.05) is 4.90 Å². The third-order valence-corrected chi connectivity index (χ3v) is 10.9. The van der Waals surface area contributed by atoms with Crippen molar-refractivity contribution in [3.05, 3.63) is 206 Å². The zero-order valence-corrected chi connectivity index (χ0v) is 30.8. The van der Waals surface area contributed by atoms with Crippen molar-refractivity contribution < 1.29 is 8.83 Å². The number of rotatable bonds is 7. The number of hydrogen-bond acceptors (Lipinski definition) is 4. The van der Waals surface area contributed by atoms with E-state index in [0.717, 1.165) is 72.3 Å². The van der Waals surface area contributed by atoms with Crippen LogP contribution in [0.25, 0.3) is 88.6 Å². The van der Waals surface area contributed by atoms with E-state index in [1.54, 1.807) is 0 Å². The third kappa shape index (κ3) is 5.83. The maximum absolute atomic E-state index is 6.62. The smallest absolute Gasteiger partial charge is 0.227 e. The molecule has 0 N–H and O–H groups in total. The number of para-hydroxylation sites is 2. The summed E-state index contributed by atoms with van der Waals surface area (Å²) in [5.41, 5.74) is 14.1. The molecule has 11 aromatic rings. The average Bonchev–Trinajstić information content (AvgIpc) is 3.87. The number of hydrogen-bond donors (Lipinski definition) is 0. The van der Waals surface area contributed by atoms with Crippen LogP contribution in [0.4, 0.5) is 17.1 Å². The molecule has 0 aliphatic rings. The van der Waals surface area contributed by atoms with Gasteiger partial charge in [-0.05, 0) is 87.6 Å². The molecule has 4 heteroatoms. The number of oxazole rings is 1. The van der Waals surface area contributed by atoms with Crippen molar-refractivity contribution in [3.8, 4) is 44.8 Å². The molecule has 2 heterocycles. The average molecular weight is 731 g/mol. The summed E-state index contributed by atoms with van der Waals surface area (Å²) in [5.74, 6) is 0.602. The van der Waals surface area contributed by atoms with Gasteiger partial charge in [0.05, 0.1) is 5.69 Å². The lowest BCUT2D eigenvalue weighted by Gasteiger charge is -2.28. The highest BCUT2D eigenvalue weighted by Gasteiger charge is 2.19. The standard InChI is InChI=1S/C53H34N2O2/c1-3-13-37(14-4-1)44-18-9-10-21-49(44)55(42-28-24-36(25-29-42)41-23-22-35-12-7-8-17-40(35)32-41)43-30-26-38(27-31-43)45-19-11-20-46-47-33-48-51(34-50(47)56-52(45)46)57-53(54-48)39-15-5-2-6-16-39/h1-34H. The molecule has 11 rings (SSSR count). The first-order valence-corrected chi connectivity index (χ1v) is 19.2. The summed E-state index contributed by atoms with van der Waals surface area (Å²) < 4.78 is 12.8. The van der Waals surface area contributed by atoms with Gasteiger partial charge < -0.3 is 13.7 Å². The maximum Gasteiger partial charge on any atom is 0.227 e. The van der Waals surface area contributed by atoms with Crippen LogP contribution in [0.1, 0.15) is 0 Å². The Morgan fingerprint density at radius 2 is 0.982 bits per heavy atom. The molecule has 0 aliphatic carbocycles. The second-order valence-corrected chi connectivity index (χ2v) is 14.4. The highest BCUT2D eigenvalue weighted by Crippen LogP contribution is 2.43. The zero-order valence-electron chi connectivity index (χ0n) is 30.8. The van der Waals surface area contributed by atoms with E-state index in [4.69, 9.17) is 13.8 Å². The molecular formula is C53H34N2O2. The van der Waals surface area contributed by atoms with Gasteiger partial charge in [-0.2, -0.15) is 0 Å². The fourth-order valence-corrected chi connectivity index (χ4v) is 8.07. The molecule has 0 saturated heterocycles. The molecule has 0 atom stereocenters. The molecule has 0 fully saturated rings. The minimum absolute atomic E-state index is 0.602. The predicted molar refractivity (Wildman–Crippen MR) is 235 cm³/mol. The molecule has 2 aromatic heterocycles. The third-order valence-electron chi connectivity index (χ3n) is 10.9. The van der Waals surface area contributed by atoms with Gasteiger partial charge in [-0.1, -0.05) is 146 Å². The number of aromatic nitrogens is 1. The van der Waals surface area contributed by atoms with Crippen LogP contribution in [0.15, 0.2) is 215 Å². The van der Waals surface area contributed by atoms with Crippen LogP contribution in [-0.2, 0) is 0 Å². The Bertz CT molecular complexity index is 3220. The van der Waals surface area contributed by atoms with Crippen LogP contribution in [0.3, 0.4) is 0 Å². The first kappa shape index (κ1) is 32.7. The minimum atomic E-state index is 0.602. The van der Waals surface area contributed by atoms with Gasteiger partial charge in [0.1, 0.15) is 16.7 Å². The molecule has 0 saturated carbocycles. The van der Waals surface area contributed by atoms with Gasteiger partial charge in [0.2, 0.25) is 5.89 Å². The highest BCUT2D eigenvalue weighted by atomic mass is 16.4. The first-order valence-electron chi connectivity index (χ1n) is 19.2. The van der Waals surface area contributed by atoms with Crippen LogP contribution in [0.5, 0.6) is 0 Å². The van der Waals surface area contributed by atoms with Gasteiger partial charge in [-0.25, -0.2) is 4.98 Å². The molecular weight excluding hydrogens is 697 g/mol. The molecule has 0 aliphatic heterocycles. The number of benzene rings is 9. The monoisotopic (exact) mass is 730 g/mol. The predicted octanol–water partition coefficient (Wildman–Crippen LogP) is 15.0. The van der Waals surface area contributed by atoms with Crippen molar-refractivity contribution in [2.24, 2.45) is 0 Å². The zero-order chi connectivity index (χ0) is 37.7. The fraction of sp³-hybridized carbons (Fsp3) is 0. The van der Waals surface area contributed by atoms with Crippen molar-refractivity contribution in [3.63, 3.8) is 0 Å². The van der Waals surface area contributed by atoms with Crippen LogP contribution in [-0.4, -0.2) is 4.98 Å². The van der Waals surface area contributed by atoms with Crippen molar-refractivity contribution in [1.82, 2.24) is 4.98 Å². The molecule has 0 unspecified atom stereocenters. The van der Waals surface area contributed by atoms with Gasteiger partial charge in [0.25, 0.3) is 0 Å². The summed E-state index contributed by atoms with van der Waals surface area (Å²) in [6.45, 7) is 0.